The van der Waals surface area contributed by atoms with Gasteiger partial charge < -0.3 is 19.3 Å². The Morgan fingerprint density at radius 2 is 1.88 bits per heavy atom. The van der Waals surface area contributed by atoms with Crippen molar-refractivity contribution in [2.24, 2.45) is 17.8 Å². The zero-order valence-corrected chi connectivity index (χ0v) is 33.4. The number of carbonyl (C=O) groups excluding carboxylic acids is 1. The van der Waals surface area contributed by atoms with Crippen LogP contribution in [0.3, 0.4) is 0 Å². The van der Waals surface area contributed by atoms with Gasteiger partial charge >= 0.3 is 0 Å². The van der Waals surface area contributed by atoms with Crippen molar-refractivity contribution < 1.29 is 22.7 Å². The van der Waals surface area contributed by atoms with Gasteiger partial charge in [0.05, 0.1) is 23.1 Å². The van der Waals surface area contributed by atoms with E-state index in [2.05, 4.69) is 64.7 Å². The van der Waals surface area contributed by atoms with E-state index in [0.717, 1.165) is 87.7 Å². The Balaban J connectivity index is 1.27. The maximum Gasteiger partial charge on any atom is 0.264 e. The lowest BCUT2D eigenvalue weighted by Crippen LogP contribution is -2.67. The summed E-state index contributed by atoms with van der Waals surface area (Å²) in [6.07, 6.45) is 11.0. The maximum atomic E-state index is 13.6. The van der Waals surface area contributed by atoms with Gasteiger partial charge in [-0.1, -0.05) is 36.7 Å². The number of methoxy groups -OCH3 is 1. The Bertz CT molecular complexity index is 1810. The third-order valence-electron chi connectivity index (χ3n) is 13.6. The van der Waals surface area contributed by atoms with Crippen LogP contribution in [0.5, 0.6) is 5.75 Å². The van der Waals surface area contributed by atoms with E-state index in [1.807, 2.05) is 32.2 Å². The van der Waals surface area contributed by atoms with Crippen molar-refractivity contribution in [3.8, 4) is 5.75 Å². The quantitative estimate of drug-likeness (QED) is 0.357. The minimum absolute atomic E-state index is 0.183. The summed E-state index contributed by atoms with van der Waals surface area (Å²) in [5, 5.41) is -0.0219. The molecule has 7 rings (SSSR count). The number of likely N-dealkylation sites (N-methyl/N-ethyl adjacent to an activating group) is 1. The Labute approximate surface area is 316 Å². The van der Waals surface area contributed by atoms with Gasteiger partial charge in [0.15, 0.2) is 0 Å². The molecule has 2 aliphatic carbocycles. The van der Waals surface area contributed by atoms with Crippen molar-refractivity contribution >= 4 is 33.2 Å². The number of sulfonamides is 1. The molecule has 284 valence electrons. The van der Waals surface area contributed by atoms with Crippen LogP contribution in [0, 0.1) is 17.8 Å². The van der Waals surface area contributed by atoms with Gasteiger partial charge in [-0.25, -0.2) is 13.1 Å². The molecule has 0 aromatic heterocycles. The van der Waals surface area contributed by atoms with Gasteiger partial charge in [0.2, 0.25) is 10.0 Å². The molecular weight excluding hydrogens is 696 g/mol. The normalized spacial score (nSPS) is 33.5. The fourth-order valence-electron chi connectivity index (χ4n) is 9.63. The second-order valence-corrected chi connectivity index (χ2v) is 19.5. The van der Waals surface area contributed by atoms with Crippen molar-refractivity contribution in [2.75, 3.05) is 65.4 Å². The Morgan fingerprint density at radius 3 is 2.60 bits per heavy atom. The van der Waals surface area contributed by atoms with E-state index in [1.165, 1.54) is 11.1 Å². The highest BCUT2D eigenvalue weighted by atomic mass is 35.5. The topological polar surface area (TPSA) is 91.4 Å². The molecule has 11 heteroatoms. The highest BCUT2D eigenvalue weighted by Crippen LogP contribution is 2.50. The number of halogens is 1. The molecular formula is C41H57ClN4O5S. The number of nitrogens with zero attached hydrogens (tertiary/aromatic N) is 3. The van der Waals surface area contributed by atoms with Crippen LogP contribution in [0.4, 0.5) is 5.69 Å². The molecule has 0 radical (unpaired) electrons. The number of allylic oxidation sites excluding steroid dienone is 1. The number of hydrogen-bond donors (Lipinski definition) is 1. The molecule has 3 aliphatic heterocycles. The SMILES string of the molecule is CO[C@]1(CCN2CC(C)(N(C)C)C2)/C=C\C[C@H](C)[C@@H](C)S(=O)(=O)NC(=O)c2ccc3c(c2)N(C[C@@H]2CC[C@H]21)C[C@@]1(CCCc2cc(Cl)ccc21)CO3. The zero-order chi connectivity index (χ0) is 37.1. The molecule has 1 saturated carbocycles. The van der Waals surface area contributed by atoms with Crippen LogP contribution in [-0.2, 0) is 26.6 Å². The van der Waals surface area contributed by atoms with Crippen LogP contribution in [-0.4, -0.2) is 101 Å². The van der Waals surface area contributed by atoms with E-state index in [-0.39, 0.29) is 22.8 Å². The predicted molar refractivity (Wildman–Crippen MR) is 208 cm³/mol. The molecule has 6 atom stereocenters. The van der Waals surface area contributed by atoms with Crippen LogP contribution >= 0.6 is 11.6 Å². The molecule has 1 N–H and O–H groups in total. The highest BCUT2D eigenvalue weighted by molar-refractivity contribution is 7.90. The van der Waals surface area contributed by atoms with E-state index >= 15 is 0 Å². The number of aryl methyl sites for hydroxylation is 1. The van der Waals surface area contributed by atoms with Crippen molar-refractivity contribution in [1.82, 2.24) is 14.5 Å². The maximum absolute atomic E-state index is 13.6. The van der Waals surface area contributed by atoms with Gasteiger partial charge in [0, 0.05) is 61.4 Å². The lowest BCUT2D eigenvalue weighted by atomic mass is 9.62. The number of fused-ring (bicyclic) bond motifs is 4. The molecule has 0 unspecified atom stereocenters. The smallest absolute Gasteiger partial charge is 0.264 e. The number of amides is 1. The van der Waals surface area contributed by atoms with Crippen LogP contribution in [0.1, 0.15) is 80.8 Å². The first-order chi connectivity index (χ1) is 24.7. The van der Waals surface area contributed by atoms with Crippen molar-refractivity contribution in [3.05, 3.63) is 70.3 Å². The molecule has 1 amide bonds. The predicted octanol–water partition coefficient (Wildman–Crippen LogP) is 6.29. The van der Waals surface area contributed by atoms with Crippen LogP contribution in [0.15, 0.2) is 48.6 Å². The van der Waals surface area contributed by atoms with E-state index in [1.54, 1.807) is 13.0 Å². The first-order valence-corrected chi connectivity index (χ1v) is 21.1. The lowest BCUT2D eigenvalue weighted by molar-refractivity contribution is -0.0941. The van der Waals surface area contributed by atoms with E-state index < -0.39 is 26.8 Å². The summed E-state index contributed by atoms with van der Waals surface area (Å²) in [4.78, 5) is 20.9. The second kappa shape index (κ2) is 14.2. The number of carbonyl (C=O) groups is 1. The summed E-state index contributed by atoms with van der Waals surface area (Å²) in [7, 11) is 2.22. The van der Waals surface area contributed by atoms with Crippen LogP contribution in [0.2, 0.25) is 5.02 Å². The van der Waals surface area contributed by atoms with Gasteiger partial charge in [0.25, 0.3) is 5.91 Å². The van der Waals surface area contributed by atoms with Crippen molar-refractivity contribution in [3.63, 3.8) is 0 Å². The standard InChI is InChI=1S/C41H57ClN4O5S/c1-28-9-7-18-41(50-6,19-20-45-24-39(3,25-45)44(4)5)35-14-11-32(35)23-46-26-40(17-8-10-30-21-33(42)13-15-34(30)40)27-51-37-16-12-31(22-36(37)46)38(47)43-52(48,49)29(28)2/h7,12-13,15-16,18,21-22,28-29,32,35H,8-11,14,17,19-20,23-27H2,1-6H3,(H,43,47)/b18-7-/t28-,29+,32-,35+,40-,41-/m0/s1. The Morgan fingerprint density at radius 1 is 1.10 bits per heavy atom. The van der Waals surface area contributed by atoms with Gasteiger partial charge in [-0.2, -0.15) is 0 Å². The van der Waals surface area contributed by atoms with Gasteiger partial charge in [-0.15, -0.1) is 0 Å². The number of benzene rings is 2. The number of anilines is 1. The molecule has 9 nitrogen and oxygen atoms in total. The van der Waals surface area contributed by atoms with Crippen LogP contribution < -0.4 is 14.4 Å². The van der Waals surface area contributed by atoms with Gasteiger partial charge in [-0.05, 0) is 132 Å². The second-order valence-electron chi connectivity index (χ2n) is 17.0. The Kier molecular flexibility index (Phi) is 10.3. The largest absolute Gasteiger partial charge is 0.490 e. The number of likely N-dealkylation sites (tertiary alicyclic amines) is 1. The fourth-order valence-corrected chi connectivity index (χ4v) is 11.1. The third-order valence-corrected chi connectivity index (χ3v) is 15.8. The minimum atomic E-state index is -3.95. The first-order valence-electron chi connectivity index (χ1n) is 19.2. The van der Waals surface area contributed by atoms with Gasteiger partial charge in [-0.3, -0.25) is 9.69 Å². The fraction of sp³-hybridized carbons (Fsp3) is 0.634. The average Bonchev–Trinajstić information content (AvgIpc) is 3.23. The lowest BCUT2D eigenvalue weighted by Gasteiger charge is -2.54. The minimum Gasteiger partial charge on any atom is -0.490 e. The molecule has 3 heterocycles. The molecule has 2 fully saturated rings. The van der Waals surface area contributed by atoms with Crippen molar-refractivity contribution in [2.45, 2.75) is 87.5 Å². The summed E-state index contributed by atoms with van der Waals surface area (Å²) in [6.45, 7) is 11.0. The molecule has 1 saturated heterocycles. The van der Waals surface area contributed by atoms with Gasteiger partial charge in [0.1, 0.15) is 5.75 Å². The van der Waals surface area contributed by atoms with Crippen LogP contribution in [0.25, 0.3) is 0 Å². The highest BCUT2D eigenvalue weighted by Gasteiger charge is 2.50. The first kappa shape index (κ1) is 37.7. The van der Waals surface area contributed by atoms with E-state index in [0.29, 0.717) is 24.5 Å². The summed E-state index contributed by atoms with van der Waals surface area (Å²) < 4.78 is 42.9. The number of ether oxygens (including phenoxy) is 2. The molecule has 1 spiro atoms. The summed E-state index contributed by atoms with van der Waals surface area (Å²) in [5.41, 5.74) is 3.14. The third kappa shape index (κ3) is 6.91. The van der Waals surface area contributed by atoms with E-state index in [4.69, 9.17) is 21.1 Å². The summed E-state index contributed by atoms with van der Waals surface area (Å²) >= 11 is 6.50. The summed E-state index contributed by atoms with van der Waals surface area (Å²) in [6, 6.07) is 11.7. The van der Waals surface area contributed by atoms with E-state index in [9.17, 15) is 13.2 Å². The number of rotatable bonds is 5. The summed E-state index contributed by atoms with van der Waals surface area (Å²) in [5.74, 6) is 0.532. The molecule has 2 bridgehead atoms. The zero-order valence-electron chi connectivity index (χ0n) is 31.8. The number of nitrogens with one attached hydrogen (secondary N) is 1. The van der Waals surface area contributed by atoms with Crippen molar-refractivity contribution in [1.29, 1.82) is 0 Å². The molecule has 52 heavy (non-hydrogen) atoms. The number of hydrogen-bond acceptors (Lipinski definition) is 8. The Hall–Kier alpha value is -2.63. The molecule has 2 aromatic carbocycles. The molecule has 2 aromatic rings. The monoisotopic (exact) mass is 752 g/mol. The average molecular weight is 753 g/mol. The molecule has 5 aliphatic rings.